The Bertz CT molecular complexity index is 619. The highest BCUT2D eigenvalue weighted by molar-refractivity contribution is 6.01. The number of carbonyl (C=O) groups is 2. The first-order valence-electron chi connectivity index (χ1n) is 6.68. The molecule has 0 spiro atoms. The number of hydrogen-bond acceptors (Lipinski definition) is 7. The summed E-state index contributed by atoms with van der Waals surface area (Å²) in [6, 6.07) is 2.97. The molecular weight excluding hydrogens is 304 g/mol. The van der Waals surface area contributed by atoms with E-state index in [0.717, 1.165) is 6.21 Å². The lowest BCUT2D eigenvalue weighted by atomic mass is 10.1. The number of hydrazone groups is 1. The number of nitrogens with one attached hydrogen (secondary N) is 1. The van der Waals surface area contributed by atoms with Crippen LogP contribution in [0.3, 0.4) is 0 Å². The van der Waals surface area contributed by atoms with Crippen LogP contribution in [-0.4, -0.2) is 38.1 Å². The largest absolute Gasteiger partial charge is 0.545 e. The van der Waals surface area contributed by atoms with Gasteiger partial charge in [0.25, 0.3) is 0 Å². The standard InChI is InChI=1S/C15H20N2O6/c1-15(2,3)23-14(20)17-16-8-9-6-7-10(21-4)12(22-5)11(9)13(18)19/h6-8H,1-5H3,(H,17,20)(H,18,19)/p-1/b16-8-. The van der Waals surface area contributed by atoms with Gasteiger partial charge < -0.3 is 24.1 Å². The summed E-state index contributed by atoms with van der Waals surface area (Å²) in [7, 11) is 2.69. The summed E-state index contributed by atoms with van der Waals surface area (Å²) in [6.45, 7) is 5.12. The quantitative estimate of drug-likeness (QED) is 0.637. The van der Waals surface area contributed by atoms with E-state index in [1.165, 1.54) is 26.4 Å². The molecule has 1 rings (SSSR count). The van der Waals surface area contributed by atoms with Crippen molar-refractivity contribution < 1.29 is 28.9 Å². The number of nitrogens with zero attached hydrogens (tertiary/aromatic N) is 1. The van der Waals surface area contributed by atoms with Gasteiger partial charge in [0.05, 0.1) is 32.0 Å². The fraction of sp³-hybridized carbons (Fsp3) is 0.400. The van der Waals surface area contributed by atoms with Crippen LogP contribution in [0, 0.1) is 0 Å². The van der Waals surface area contributed by atoms with E-state index in [4.69, 9.17) is 14.2 Å². The minimum absolute atomic E-state index is 0.00807. The van der Waals surface area contributed by atoms with Crippen molar-refractivity contribution in [3.8, 4) is 11.5 Å². The molecule has 0 saturated carbocycles. The van der Waals surface area contributed by atoms with E-state index >= 15 is 0 Å². The molecule has 0 bridgehead atoms. The van der Waals surface area contributed by atoms with Gasteiger partial charge in [-0.2, -0.15) is 5.10 Å². The smallest absolute Gasteiger partial charge is 0.428 e. The monoisotopic (exact) mass is 323 g/mol. The molecule has 0 unspecified atom stereocenters. The first-order valence-corrected chi connectivity index (χ1v) is 6.68. The van der Waals surface area contributed by atoms with E-state index in [0.29, 0.717) is 0 Å². The van der Waals surface area contributed by atoms with Gasteiger partial charge in [-0.25, -0.2) is 10.2 Å². The molecule has 0 fully saturated rings. The van der Waals surface area contributed by atoms with E-state index in [-0.39, 0.29) is 22.6 Å². The molecule has 1 N–H and O–H groups in total. The molecule has 0 radical (unpaired) electrons. The van der Waals surface area contributed by atoms with Crippen molar-refractivity contribution >= 4 is 18.3 Å². The van der Waals surface area contributed by atoms with Crippen LogP contribution in [0.4, 0.5) is 4.79 Å². The summed E-state index contributed by atoms with van der Waals surface area (Å²) in [5.74, 6) is -1.21. The molecule has 0 saturated heterocycles. The lowest BCUT2D eigenvalue weighted by Crippen LogP contribution is -2.30. The molecule has 126 valence electrons. The highest BCUT2D eigenvalue weighted by atomic mass is 16.6. The highest BCUT2D eigenvalue weighted by Gasteiger charge is 2.16. The maximum atomic E-state index is 11.5. The fourth-order valence-corrected chi connectivity index (χ4v) is 1.72. The molecule has 8 heteroatoms. The Morgan fingerprint density at radius 3 is 2.35 bits per heavy atom. The van der Waals surface area contributed by atoms with E-state index < -0.39 is 17.7 Å². The minimum atomic E-state index is -1.46. The average molecular weight is 323 g/mol. The van der Waals surface area contributed by atoms with E-state index in [1.807, 2.05) is 0 Å². The summed E-state index contributed by atoms with van der Waals surface area (Å²) < 4.78 is 15.1. The number of ether oxygens (including phenoxy) is 3. The molecule has 0 aliphatic carbocycles. The minimum Gasteiger partial charge on any atom is -0.545 e. The third-order valence-electron chi connectivity index (χ3n) is 2.54. The molecule has 8 nitrogen and oxygen atoms in total. The molecule has 0 atom stereocenters. The van der Waals surface area contributed by atoms with E-state index in [9.17, 15) is 14.7 Å². The second-order valence-electron chi connectivity index (χ2n) is 5.42. The van der Waals surface area contributed by atoms with Crippen LogP contribution in [0.5, 0.6) is 11.5 Å². The molecule has 1 aromatic carbocycles. The number of methoxy groups -OCH3 is 2. The van der Waals surface area contributed by atoms with Crippen LogP contribution in [0.2, 0.25) is 0 Å². The van der Waals surface area contributed by atoms with Gasteiger partial charge in [-0.05, 0) is 32.9 Å². The molecule has 23 heavy (non-hydrogen) atoms. The molecule has 1 amide bonds. The van der Waals surface area contributed by atoms with Crippen LogP contribution in [0.1, 0.15) is 36.7 Å². The Hall–Kier alpha value is -2.77. The van der Waals surface area contributed by atoms with Gasteiger partial charge in [0.2, 0.25) is 0 Å². The zero-order chi connectivity index (χ0) is 17.6. The average Bonchev–Trinajstić information content (AvgIpc) is 2.44. The molecule has 0 aliphatic rings. The van der Waals surface area contributed by atoms with Crippen LogP contribution < -0.4 is 20.0 Å². The normalized spacial score (nSPS) is 11.2. The first kappa shape index (κ1) is 18.3. The van der Waals surface area contributed by atoms with Crippen molar-refractivity contribution in [2.45, 2.75) is 26.4 Å². The maximum absolute atomic E-state index is 11.5. The summed E-state index contributed by atoms with van der Waals surface area (Å²) in [5, 5.41) is 15.0. The number of carboxylic acids is 1. The van der Waals surface area contributed by atoms with Crippen LogP contribution in [0.25, 0.3) is 0 Å². The van der Waals surface area contributed by atoms with Gasteiger partial charge in [-0.15, -0.1) is 0 Å². The molecular formula is C15H19N2O6-. The van der Waals surface area contributed by atoms with E-state index in [1.54, 1.807) is 20.8 Å². The van der Waals surface area contributed by atoms with Gasteiger partial charge in [0, 0.05) is 5.56 Å². The first-order chi connectivity index (χ1) is 10.7. The fourth-order valence-electron chi connectivity index (χ4n) is 1.72. The number of amides is 1. The molecule has 0 aliphatic heterocycles. The van der Waals surface area contributed by atoms with Crippen molar-refractivity contribution in [3.63, 3.8) is 0 Å². The Balaban J connectivity index is 3.02. The predicted molar refractivity (Wildman–Crippen MR) is 80.8 cm³/mol. The maximum Gasteiger partial charge on any atom is 0.428 e. The van der Waals surface area contributed by atoms with E-state index in [2.05, 4.69) is 10.5 Å². The van der Waals surface area contributed by atoms with Crippen molar-refractivity contribution in [2.24, 2.45) is 5.10 Å². The highest BCUT2D eigenvalue weighted by Crippen LogP contribution is 2.32. The number of aromatic carboxylic acids is 1. The lowest BCUT2D eigenvalue weighted by Gasteiger charge is -2.18. The van der Waals surface area contributed by atoms with Crippen LogP contribution in [0.15, 0.2) is 17.2 Å². The molecule has 1 aromatic rings. The number of benzene rings is 1. The van der Waals surface area contributed by atoms with Gasteiger partial charge in [-0.3, -0.25) is 0 Å². The topological polar surface area (TPSA) is 109 Å². The summed E-state index contributed by atoms with van der Waals surface area (Å²) in [5.41, 5.74) is 1.42. The van der Waals surface area contributed by atoms with Crippen molar-refractivity contribution in [2.75, 3.05) is 14.2 Å². The second-order valence-corrected chi connectivity index (χ2v) is 5.42. The summed E-state index contributed by atoms with van der Waals surface area (Å²) in [6.07, 6.45) is 0.390. The van der Waals surface area contributed by atoms with Crippen molar-refractivity contribution in [1.29, 1.82) is 0 Å². The Labute approximate surface area is 134 Å². The Morgan fingerprint density at radius 1 is 1.22 bits per heavy atom. The third-order valence-corrected chi connectivity index (χ3v) is 2.54. The molecule has 0 heterocycles. The lowest BCUT2D eigenvalue weighted by molar-refractivity contribution is -0.255. The van der Waals surface area contributed by atoms with Crippen molar-refractivity contribution in [3.05, 3.63) is 23.3 Å². The molecule has 0 aromatic heterocycles. The summed E-state index contributed by atoms with van der Waals surface area (Å²) in [4.78, 5) is 22.8. The van der Waals surface area contributed by atoms with Gasteiger partial charge in [0.15, 0.2) is 11.5 Å². The number of hydrogen-bond donors (Lipinski definition) is 1. The summed E-state index contributed by atoms with van der Waals surface area (Å²) >= 11 is 0. The third kappa shape index (κ3) is 5.17. The predicted octanol–water partition coefficient (Wildman–Crippen LogP) is 0.926. The van der Waals surface area contributed by atoms with Crippen molar-refractivity contribution in [1.82, 2.24) is 5.43 Å². The number of rotatable bonds is 5. The zero-order valence-electron chi connectivity index (χ0n) is 13.6. The zero-order valence-corrected chi connectivity index (χ0v) is 13.6. The Morgan fingerprint density at radius 2 is 1.87 bits per heavy atom. The number of carbonyl (C=O) groups excluding carboxylic acids is 2. The SMILES string of the molecule is COc1ccc(/C=N\NC(=O)OC(C)(C)C)c(C(=O)[O-])c1OC. The number of carboxylic acid groups (broad SMARTS) is 1. The van der Waals surface area contributed by atoms with Gasteiger partial charge >= 0.3 is 6.09 Å². The van der Waals surface area contributed by atoms with Crippen LogP contribution >= 0.6 is 0 Å². The Kier molecular flexibility index (Phi) is 5.94. The second kappa shape index (κ2) is 7.48. The van der Waals surface area contributed by atoms with Crippen LogP contribution in [-0.2, 0) is 4.74 Å². The van der Waals surface area contributed by atoms with Gasteiger partial charge in [0.1, 0.15) is 5.60 Å². The van der Waals surface area contributed by atoms with Gasteiger partial charge in [-0.1, -0.05) is 0 Å².